The monoisotopic (exact) mass is 652 g/mol. The topological polar surface area (TPSA) is 182 Å². The van der Waals surface area contributed by atoms with Crippen molar-refractivity contribution < 1.29 is 19.1 Å². The molecule has 0 radical (unpaired) electrons. The minimum atomic E-state index is -0.158. The molecular formula is C37H32N8O4. The van der Waals surface area contributed by atoms with Crippen molar-refractivity contribution in [3.8, 4) is 23.6 Å². The Morgan fingerprint density at radius 1 is 0.633 bits per heavy atom. The number of nitriles is 2. The van der Waals surface area contributed by atoms with Gasteiger partial charge in [0, 0.05) is 19.5 Å². The van der Waals surface area contributed by atoms with Gasteiger partial charge in [-0.1, -0.05) is 24.3 Å². The van der Waals surface area contributed by atoms with Crippen LogP contribution >= 0.6 is 0 Å². The molecule has 0 saturated heterocycles. The molecule has 2 amide bonds. The summed E-state index contributed by atoms with van der Waals surface area (Å²) in [5, 5.41) is 23.9. The lowest BCUT2D eigenvalue weighted by molar-refractivity contribution is -0.121. The second-order valence-corrected chi connectivity index (χ2v) is 11.3. The van der Waals surface area contributed by atoms with Gasteiger partial charge in [-0.05, 0) is 71.8 Å². The van der Waals surface area contributed by atoms with E-state index in [0.717, 1.165) is 33.7 Å². The normalized spacial score (nSPS) is 10.7. The minimum absolute atomic E-state index is 0.112. The van der Waals surface area contributed by atoms with Crippen LogP contribution in [-0.2, 0) is 35.5 Å². The summed E-state index contributed by atoms with van der Waals surface area (Å²) in [7, 11) is 0. The number of H-pyrrole nitrogens is 2. The van der Waals surface area contributed by atoms with Crippen molar-refractivity contribution in [3.05, 3.63) is 119 Å². The fraction of sp³-hybridized carbons (Fsp3) is 0.189. The summed E-state index contributed by atoms with van der Waals surface area (Å²) in [6.45, 7) is 1.73. The molecule has 2 aromatic heterocycles. The Morgan fingerprint density at radius 3 is 1.47 bits per heavy atom. The number of aromatic nitrogens is 4. The van der Waals surface area contributed by atoms with Crippen LogP contribution in [0.15, 0.2) is 84.9 Å². The summed E-state index contributed by atoms with van der Waals surface area (Å²) in [6, 6.07) is 29.6. The lowest BCUT2D eigenvalue weighted by atomic mass is 10.2. The zero-order chi connectivity index (χ0) is 34.0. The molecule has 4 aromatic carbocycles. The third kappa shape index (κ3) is 8.78. The van der Waals surface area contributed by atoms with Gasteiger partial charge in [-0.3, -0.25) is 9.59 Å². The molecule has 6 aromatic rings. The number of carbonyl (C=O) groups excluding carboxylic acids is 2. The number of benzene rings is 4. The molecular weight excluding hydrogens is 620 g/mol. The van der Waals surface area contributed by atoms with Gasteiger partial charge >= 0.3 is 0 Å². The van der Waals surface area contributed by atoms with E-state index in [0.29, 0.717) is 66.5 Å². The summed E-state index contributed by atoms with van der Waals surface area (Å²) >= 11 is 0. The van der Waals surface area contributed by atoms with Crippen LogP contribution in [0.4, 0.5) is 0 Å². The average molecular weight is 653 g/mol. The van der Waals surface area contributed by atoms with Gasteiger partial charge in [0.25, 0.3) is 0 Å². The Kier molecular flexibility index (Phi) is 10.1. The molecule has 0 fully saturated rings. The van der Waals surface area contributed by atoms with Crippen molar-refractivity contribution in [3.63, 3.8) is 0 Å². The van der Waals surface area contributed by atoms with Crippen LogP contribution in [0.3, 0.4) is 0 Å². The number of nitrogens with one attached hydrogen (secondary N) is 4. The van der Waals surface area contributed by atoms with Gasteiger partial charge in [0.15, 0.2) is 0 Å². The Morgan fingerprint density at radius 2 is 1.06 bits per heavy atom. The number of hydrogen-bond donors (Lipinski definition) is 4. The summed E-state index contributed by atoms with van der Waals surface area (Å²) in [5.74, 6) is 2.23. The molecule has 0 saturated carbocycles. The second-order valence-electron chi connectivity index (χ2n) is 11.3. The first-order valence-electron chi connectivity index (χ1n) is 15.7. The van der Waals surface area contributed by atoms with Crippen LogP contribution < -0.4 is 20.1 Å². The molecule has 6 rings (SSSR count). The van der Waals surface area contributed by atoms with Crippen LogP contribution in [0.25, 0.3) is 22.1 Å². The molecule has 0 bridgehead atoms. The van der Waals surface area contributed by atoms with Crippen molar-refractivity contribution in [2.75, 3.05) is 13.2 Å². The number of ether oxygens (including phenoxy) is 2. The van der Waals surface area contributed by atoms with E-state index >= 15 is 0 Å². The van der Waals surface area contributed by atoms with Crippen molar-refractivity contribution in [1.82, 2.24) is 30.6 Å². The van der Waals surface area contributed by atoms with Crippen molar-refractivity contribution >= 4 is 33.9 Å². The third-order valence-corrected chi connectivity index (χ3v) is 7.63. The number of amides is 2. The molecule has 244 valence electrons. The molecule has 12 nitrogen and oxygen atoms in total. The first kappa shape index (κ1) is 32.3. The molecule has 49 heavy (non-hydrogen) atoms. The molecule has 0 aliphatic heterocycles. The zero-order valence-corrected chi connectivity index (χ0v) is 26.5. The summed E-state index contributed by atoms with van der Waals surface area (Å²) in [5.41, 5.74) is 5.84. The zero-order valence-electron chi connectivity index (χ0n) is 26.5. The smallest absolute Gasteiger partial charge is 0.227 e. The molecule has 0 unspecified atom stereocenters. The minimum Gasteiger partial charge on any atom is -0.493 e. The molecule has 0 atom stereocenters. The first-order valence-corrected chi connectivity index (χ1v) is 15.7. The molecule has 0 aliphatic carbocycles. The van der Waals surface area contributed by atoms with Gasteiger partial charge in [0.2, 0.25) is 11.8 Å². The maximum atomic E-state index is 12.4. The molecule has 2 heterocycles. The molecule has 0 spiro atoms. The number of fused-ring (bicyclic) bond motifs is 2. The van der Waals surface area contributed by atoms with Gasteiger partial charge in [0.1, 0.15) is 23.1 Å². The highest BCUT2D eigenvalue weighted by molar-refractivity contribution is 5.82. The van der Waals surface area contributed by atoms with E-state index in [-0.39, 0.29) is 24.7 Å². The number of rotatable bonds is 14. The number of carbonyl (C=O) groups is 2. The van der Waals surface area contributed by atoms with E-state index in [4.69, 9.17) is 20.0 Å². The second kappa shape index (κ2) is 15.3. The van der Waals surface area contributed by atoms with Gasteiger partial charge in [-0.15, -0.1) is 0 Å². The molecule has 4 N–H and O–H groups in total. The van der Waals surface area contributed by atoms with E-state index < -0.39 is 0 Å². The van der Waals surface area contributed by atoms with Crippen molar-refractivity contribution in [2.45, 2.75) is 32.4 Å². The number of aromatic amines is 2. The predicted molar refractivity (Wildman–Crippen MR) is 181 cm³/mol. The van der Waals surface area contributed by atoms with Gasteiger partial charge in [-0.2, -0.15) is 10.5 Å². The molecule has 0 aliphatic rings. The van der Waals surface area contributed by atoms with Gasteiger partial charge in [-0.25, -0.2) is 9.97 Å². The van der Waals surface area contributed by atoms with E-state index in [9.17, 15) is 9.59 Å². The average Bonchev–Trinajstić information content (AvgIpc) is 3.72. The highest BCUT2D eigenvalue weighted by Gasteiger charge is 2.11. The largest absolute Gasteiger partial charge is 0.493 e. The predicted octanol–water partition coefficient (Wildman–Crippen LogP) is 4.75. The van der Waals surface area contributed by atoms with Gasteiger partial charge < -0.3 is 30.1 Å². The van der Waals surface area contributed by atoms with Crippen LogP contribution in [-0.4, -0.2) is 45.0 Å². The lowest BCUT2D eigenvalue weighted by Gasteiger charge is -2.10. The van der Waals surface area contributed by atoms with Crippen molar-refractivity contribution in [1.29, 1.82) is 10.5 Å². The maximum absolute atomic E-state index is 12.4. The SMILES string of the molecule is N#Cc1ccc2nc(CC(=O)NCc3ccc(OCCCOc4ccc(CNC(=O)Cc5nc6ccc(C#N)cc6[nH]5)cc4)cc3)[nH]c2c1. The Hall–Kier alpha value is -6.66. The maximum Gasteiger partial charge on any atom is 0.227 e. The highest BCUT2D eigenvalue weighted by Crippen LogP contribution is 2.17. The van der Waals surface area contributed by atoms with Crippen LogP contribution in [0.1, 0.15) is 40.3 Å². The Balaban J connectivity index is 0.847. The van der Waals surface area contributed by atoms with E-state index in [1.807, 2.05) is 48.5 Å². The summed E-state index contributed by atoms with van der Waals surface area (Å²) in [6.07, 6.45) is 0.913. The van der Waals surface area contributed by atoms with E-state index in [2.05, 4.69) is 42.7 Å². The van der Waals surface area contributed by atoms with Crippen LogP contribution in [0.2, 0.25) is 0 Å². The lowest BCUT2D eigenvalue weighted by Crippen LogP contribution is -2.24. The van der Waals surface area contributed by atoms with Gasteiger partial charge in [0.05, 0.1) is 71.4 Å². The van der Waals surface area contributed by atoms with E-state index in [1.165, 1.54) is 0 Å². The number of hydrogen-bond acceptors (Lipinski definition) is 8. The fourth-order valence-electron chi connectivity index (χ4n) is 5.11. The number of imidazole rings is 2. The quantitative estimate of drug-likeness (QED) is 0.122. The highest BCUT2D eigenvalue weighted by atomic mass is 16.5. The Bertz CT molecular complexity index is 2020. The molecule has 12 heteroatoms. The van der Waals surface area contributed by atoms with E-state index in [1.54, 1.807) is 36.4 Å². The van der Waals surface area contributed by atoms with Crippen LogP contribution in [0, 0.1) is 22.7 Å². The third-order valence-electron chi connectivity index (χ3n) is 7.63. The fourth-order valence-corrected chi connectivity index (χ4v) is 5.11. The first-order chi connectivity index (χ1) is 23.9. The summed E-state index contributed by atoms with van der Waals surface area (Å²) in [4.78, 5) is 39.9. The van der Waals surface area contributed by atoms with Crippen LogP contribution in [0.5, 0.6) is 11.5 Å². The van der Waals surface area contributed by atoms with Crippen molar-refractivity contribution in [2.24, 2.45) is 0 Å². The summed E-state index contributed by atoms with van der Waals surface area (Å²) < 4.78 is 11.7. The Labute approximate surface area is 281 Å². The number of nitrogens with zero attached hydrogens (tertiary/aromatic N) is 4. The standard InChI is InChI=1S/C37H32N8O4/c38-20-26-6-12-30-32(16-26)44-34(42-30)18-36(46)40-22-24-2-8-28(9-3-24)48-14-1-15-49-29-10-4-25(5-11-29)23-41-37(47)19-35-43-31-13-7-27(21-39)17-33(31)45-35/h2-13,16-17H,1,14-15,18-19,22-23H2,(H,40,46)(H,41,47)(H,42,44)(H,43,45).